The molecule has 0 aliphatic heterocycles. The third kappa shape index (κ3) is 3.38. The maximum atomic E-state index is 5.15. The summed E-state index contributed by atoms with van der Waals surface area (Å²) in [6.07, 6.45) is 0. The van der Waals surface area contributed by atoms with E-state index in [-0.39, 0.29) is 0 Å². The van der Waals surface area contributed by atoms with E-state index in [1.807, 2.05) is 0 Å². The lowest BCUT2D eigenvalue weighted by atomic mass is 10.1. The lowest BCUT2D eigenvalue weighted by Gasteiger charge is -2.15. The van der Waals surface area contributed by atoms with Crippen LogP contribution in [-0.4, -0.2) is 20.3 Å². The Kier molecular flexibility index (Phi) is 4.94. The van der Waals surface area contributed by atoms with Gasteiger partial charge in [0.1, 0.15) is 0 Å². The highest BCUT2D eigenvalue weighted by Crippen LogP contribution is 2.25. The summed E-state index contributed by atoms with van der Waals surface area (Å²) in [5.74, 6) is 0. The van der Waals surface area contributed by atoms with Crippen LogP contribution in [0.4, 0.5) is 0 Å². The van der Waals surface area contributed by atoms with E-state index in [1.54, 1.807) is 18.4 Å². The van der Waals surface area contributed by atoms with Gasteiger partial charge >= 0.3 is 0 Å². The fraction of sp³-hybridized carbons (Fsp3) is 0.556. The molecule has 1 heterocycles. The SMILES string of the molecule is CCNC(COC)c1csc(Br)c1. The molecule has 2 nitrogen and oxygen atoms in total. The summed E-state index contributed by atoms with van der Waals surface area (Å²) in [7, 11) is 1.73. The van der Waals surface area contributed by atoms with Gasteiger partial charge in [-0.3, -0.25) is 0 Å². The van der Waals surface area contributed by atoms with Gasteiger partial charge in [-0.2, -0.15) is 0 Å². The molecule has 0 amide bonds. The summed E-state index contributed by atoms with van der Waals surface area (Å²) in [4.78, 5) is 0. The van der Waals surface area contributed by atoms with Gasteiger partial charge in [0.15, 0.2) is 0 Å². The zero-order valence-electron chi connectivity index (χ0n) is 7.84. The minimum Gasteiger partial charge on any atom is -0.383 e. The highest BCUT2D eigenvalue weighted by atomic mass is 79.9. The Morgan fingerprint density at radius 3 is 2.92 bits per heavy atom. The Morgan fingerprint density at radius 2 is 2.46 bits per heavy atom. The minimum atomic E-state index is 0.317. The number of nitrogens with one attached hydrogen (secondary N) is 1. The zero-order valence-corrected chi connectivity index (χ0v) is 10.2. The molecule has 1 aromatic heterocycles. The van der Waals surface area contributed by atoms with Gasteiger partial charge in [0.05, 0.1) is 16.4 Å². The smallest absolute Gasteiger partial charge is 0.0701 e. The standard InChI is InChI=1S/C9H14BrNOS/c1-3-11-8(5-12-2)7-4-9(10)13-6-7/h4,6,8,11H,3,5H2,1-2H3. The fourth-order valence-corrected chi connectivity index (χ4v) is 2.42. The molecular weight excluding hydrogens is 250 g/mol. The number of methoxy groups -OCH3 is 1. The zero-order chi connectivity index (χ0) is 9.68. The van der Waals surface area contributed by atoms with Crippen molar-refractivity contribution in [1.29, 1.82) is 0 Å². The molecule has 1 aromatic rings. The van der Waals surface area contributed by atoms with Crippen LogP contribution in [0.25, 0.3) is 0 Å². The van der Waals surface area contributed by atoms with Gasteiger partial charge in [0.2, 0.25) is 0 Å². The van der Waals surface area contributed by atoms with Crippen LogP contribution < -0.4 is 5.32 Å². The van der Waals surface area contributed by atoms with Gasteiger partial charge in [0, 0.05) is 7.11 Å². The van der Waals surface area contributed by atoms with Crippen LogP contribution in [0.1, 0.15) is 18.5 Å². The summed E-state index contributed by atoms with van der Waals surface area (Å²) in [6.45, 7) is 3.78. The molecule has 1 rings (SSSR count). The summed E-state index contributed by atoms with van der Waals surface area (Å²) >= 11 is 5.16. The van der Waals surface area contributed by atoms with Crippen LogP contribution >= 0.6 is 27.3 Å². The quantitative estimate of drug-likeness (QED) is 0.883. The van der Waals surface area contributed by atoms with Crippen molar-refractivity contribution in [3.63, 3.8) is 0 Å². The van der Waals surface area contributed by atoms with Crippen molar-refractivity contribution in [2.75, 3.05) is 20.3 Å². The first-order valence-electron chi connectivity index (χ1n) is 4.24. The van der Waals surface area contributed by atoms with Crippen LogP contribution in [0.2, 0.25) is 0 Å². The van der Waals surface area contributed by atoms with Crippen molar-refractivity contribution in [2.24, 2.45) is 0 Å². The summed E-state index contributed by atoms with van der Waals surface area (Å²) in [5, 5.41) is 5.52. The molecule has 74 valence electrons. The fourth-order valence-electron chi connectivity index (χ4n) is 1.19. The van der Waals surface area contributed by atoms with E-state index >= 15 is 0 Å². The van der Waals surface area contributed by atoms with Crippen molar-refractivity contribution in [3.05, 3.63) is 20.8 Å². The van der Waals surface area contributed by atoms with Crippen molar-refractivity contribution >= 4 is 27.3 Å². The Morgan fingerprint density at radius 1 is 1.69 bits per heavy atom. The number of thiophene rings is 1. The summed E-state index contributed by atoms with van der Waals surface area (Å²) in [6, 6.07) is 2.45. The summed E-state index contributed by atoms with van der Waals surface area (Å²) in [5.41, 5.74) is 1.29. The average molecular weight is 264 g/mol. The van der Waals surface area contributed by atoms with Gasteiger partial charge in [-0.1, -0.05) is 6.92 Å². The Hall–Kier alpha value is 0.100. The van der Waals surface area contributed by atoms with Gasteiger partial charge in [-0.05, 0) is 39.5 Å². The van der Waals surface area contributed by atoms with E-state index in [4.69, 9.17) is 4.74 Å². The summed E-state index contributed by atoms with van der Waals surface area (Å²) < 4.78 is 6.32. The van der Waals surface area contributed by atoms with Crippen LogP contribution in [0.3, 0.4) is 0 Å². The monoisotopic (exact) mass is 263 g/mol. The van der Waals surface area contributed by atoms with E-state index in [9.17, 15) is 0 Å². The number of hydrogen-bond donors (Lipinski definition) is 1. The van der Waals surface area contributed by atoms with Crippen molar-refractivity contribution in [3.8, 4) is 0 Å². The third-order valence-corrected chi connectivity index (χ3v) is 3.30. The second kappa shape index (κ2) is 5.75. The molecule has 4 heteroatoms. The van der Waals surface area contributed by atoms with E-state index in [2.05, 4.69) is 39.6 Å². The molecule has 0 bridgehead atoms. The molecule has 0 aliphatic rings. The topological polar surface area (TPSA) is 21.3 Å². The first kappa shape index (κ1) is 11.2. The van der Waals surface area contributed by atoms with E-state index in [1.165, 1.54) is 9.35 Å². The molecule has 13 heavy (non-hydrogen) atoms. The molecule has 0 aromatic carbocycles. The van der Waals surface area contributed by atoms with Crippen molar-refractivity contribution in [1.82, 2.24) is 5.32 Å². The molecule has 0 aliphatic carbocycles. The maximum Gasteiger partial charge on any atom is 0.0701 e. The van der Waals surface area contributed by atoms with E-state index in [0.717, 1.165) is 13.2 Å². The van der Waals surface area contributed by atoms with Crippen LogP contribution in [0.15, 0.2) is 15.2 Å². The lowest BCUT2D eigenvalue weighted by molar-refractivity contribution is 0.168. The number of halogens is 1. The minimum absolute atomic E-state index is 0.317. The maximum absolute atomic E-state index is 5.15. The molecule has 1 N–H and O–H groups in total. The largest absolute Gasteiger partial charge is 0.383 e. The number of likely N-dealkylation sites (N-methyl/N-ethyl adjacent to an activating group) is 1. The van der Waals surface area contributed by atoms with Gasteiger partial charge in [0.25, 0.3) is 0 Å². The normalized spacial score (nSPS) is 13.2. The Bertz CT molecular complexity index is 246. The highest BCUT2D eigenvalue weighted by molar-refractivity contribution is 9.11. The van der Waals surface area contributed by atoms with E-state index < -0.39 is 0 Å². The number of rotatable bonds is 5. The Labute approximate surface area is 91.4 Å². The second-order valence-corrected chi connectivity index (χ2v) is 5.04. The molecule has 0 saturated carbocycles. The predicted octanol–water partition coefficient (Wildman–Crippen LogP) is 2.81. The molecule has 0 radical (unpaired) electrons. The van der Waals surface area contributed by atoms with E-state index in [0.29, 0.717) is 6.04 Å². The highest BCUT2D eigenvalue weighted by Gasteiger charge is 2.10. The third-order valence-electron chi connectivity index (χ3n) is 1.77. The molecule has 0 saturated heterocycles. The molecule has 1 atom stereocenters. The first-order chi connectivity index (χ1) is 6.27. The predicted molar refractivity (Wildman–Crippen MR) is 60.3 cm³/mol. The number of hydrogen-bond acceptors (Lipinski definition) is 3. The molecule has 0 spiro atoms. The molecule has 0 fully saturated rings. The van der Waals surface area contributed by atoms with Crippen LogP contribution in [-0.2, 0) is 4.74 Å². The Balaban J connectivity index is 2.63. The van der Waals surface area contributed by atoms with Gasteiger partial charge in [-0.25, -0.2) is 0 Å². The number of ether oxygens (including phenoxy) is 1. The molecular formula is C9H14BrNOS. The molecule has 1 unspecified atom stereocenters. The van der Waals surface area contributed by atoms with Crippen LogP contribution in [0, 0.1) is 0 Å². The average Bonchev–Trinajstić information content (AvgIpc) is 2.51. The first-order valence-corrected chi connectivity index (χ1v) is 5.91. The lowest BCUT2D eigenvalue weighted by Crippen LogP contribution is -2.24. The van der Waals surface area contributed by atoms with Crippen molar-refractivity contribution < 1.29 is 4.74 Å². The van der Waals surface area contributed by atoms with Gasteiger partial charge < -0.3 is 10.1 Å². The van der Waals surface area contributed by atoms with Gasteiger partial charge in [-0.15, -0.1) is 11.3 Å². The second-order valence-electron chi connectivity index (χ2n) is 2.75. The van der Waals surface area contributed by atoms with Crippen molar-refractivity contribution in [2.45, 2.75) is 13.0 Å². The van der Waals surface area contributed by atoms with Crippen LogP contribution in [0.5, 0.6) is 0 Å².